The van der Waals surface area contributed by atoms with Gasteiger partial charge in [0.1, 0.15) is 5.82 Å². The van der Waals surface area contributed by atoms with Crippen molar-refractivity contribution in [3.05, 3.63) is 39.7 Å². The standard InChI is InChI=1S/C9H11FN2O2/c1-9(2,11)7-5-6(12(13)14)3-4-8(7)10/h3-5H,11H2,1-2H3. The highest BCUT2D eigenvalue weighted by Crippen LogP contribution is 2.24. The predicted octanol–water partition coefficient (Wildman–Crippen LogP) is 1.93. The van der Waals surface area contributed by atoms with E-state index < -0.39 is 16.3 Å². The van der Waals surface area contributed by atoms with Gasteiger partial charge < -0.3 is 5.73 Å². The Bertz CT molecular complexity index is 372. The lowest BCUT2D eigenvalue weighted by molar-refractivity contribution is -0.385. The first kappa shape index (κ1) is 10.6. The summed E-state index contributed by atoms with van der Waals surface area (Å²) in [4.78, 5) is 9.86. The molecule has 0 saturated heterocycles. The number of halogens is 1. The molecule has 0 aromatic heterocycles. The van der Waals surface area contributed by atoms with Gasteiger partial charge in [-0.15, -0.1) is 0 Å². The molecule has 1 aromatic rings. The predicted molar refractivity (Wildman–Crippen MR) is 50.3 cm³/mol. The number of nitrogens with two attached hydrogens (primary N) is 1. The summed E-state index contributed by atoms with van der Waals surface area (Å²) in [6.45, 7) is 3.18. The van der Waals surface area contributed by atoms with Crippen LogP contribution in [0.15, 0.2) is 18.2 Å². The quantitative estimate of drug-likeness (QED) is 0.583. The van der Waals surface area contributed by atoms with Crippen molar-refractivity contribution in [3.63, 3.8) is 0 Å². The molecule has 0 fully saturated rings. The van der Waals surface area contributed by atoms with E-state index in [9.17, 15) is 14.5 Å². The lowest BCUT2D eigenvalue weighted by Gasteiger charge is -2.19. The number of hydrogen-bond acceptors (Lipinski definition) is 3. The zero-order valence-electron chi connectivity index (χ0n) is 7.95. The lowest BCUT2D eigenvalue weighted by atomic mass is 9.95. The summed E-state index contributed by atoms with van der Waals surface area (Å²) in [7, 11) is 0. The Hall–Kier alpha value is -1.49. The molecule has 1 aromatic carbocycles. The molecule has 0 bridgehead atoms. The van der Waals surface area contributed by atoms with E-state index in [1.807, 2.05) is 0 Å². The Morgan fingerprint density at radius 1 is 1.50 bits per heavy atom. The van der Waals surface area contributed by atoms with Gasteiger partial charge in [0, 0.05) is 23.2 Å². The van der Waals surface area contributed by atoms with E-state index in [2.05, 4.69) is 0 Å². The molecule has 0 radical (unpaired) electrons. The lowest BCUT2D eigenvalue weighted by Crippen LogP contribution is -2.29. The van der Waals surface area contributed by atoms with Crippen molar-refractivity contribution >= 4 is 5.69 Å². The number of benzene rings is 1. The Labute approximate surface area is 80.7 Å². The van der Waals surface area contributed by atoms with Gasteiger partial charge in [0.25, 0.3) is 5.69 Å². The fourth-order valence-corrected chi connectivity index (χ4v) is 1.12. The monoisotopic (exact) mass is 198 g/mol. The van der Waals surface area contributed by atoms with Gasteiger partial charge in [-0.3, -0.25) is 10.1 Å². The molecule has 0 amide bonds. The van der Waals surface area contributed by atoms with E-state index >= 15 is 0 Å². The van der Waals surface area contributed by atoms with Crippen LogP contribution < -0.4 is 5.73 Å². The minimum atomic E-state index is -0.921. The van der Waals surface area contributed by atoms with Crippen LogP contribution in [-0.2, 0) is 5.54 Å². The van der Waals surface area contributed by atoms with Crippen LogP contribution in [0.1, 0.15) is 19.4 Å². The normalized spacial score (nSPS) is 11.4. The first-order valence-electron chi connectivity index (χ1n) is 4.05. The molecule has 0 aliphatic carbocycles. The number of non-ortho nitro benzene ring substituents is 1. The van der Waals surface area contributed by atoms with E-state index in [0.29, 0.717) is 0 Å². The van der Waals surface area contributed by atoms with Crippen LogP contribution in [-0.4, -0.2) is 4.92 Å². The summed E-state index contributed by atoms with van der Waals surface area (Å²) in [5, 5.41) is 10.4. The van der Waals surface area contributed by atoms with Crippen LogP contribution >= 0.6 is 0 Å². The summed E-state index contributed by atoms with van der Waals surface area (Å²) in [6.07, 6.45) is 0. The molecule has 5 heteroatoms. The number of nitro benzene ring substituents is 1. The van der Waals surface area contributed by atoms with Gasteiger partial charge in [-0.05, 0) is 19.9 Å². The van der Waals surface area contributed by atoms with Gasteiger partial charge in [-0.1, -0.05) is 0 Å². The van der Waals surface area contributed by atoms with Crippen molar-refractivity contribution in [1.82, 2.24) is 0 Å². The second kappa shape index (κ2) is 3.34. The van der Waals surface area contributed by atoms with Crippen molar-refractivity contribution in [2.45, 2.75) is 19.4 Å². The Kier molecular flexibility index (Phi) is 2.53. The van der Waals surface area contributed by atoms with Crippen molar-refractivity contribution in [1.29, 1.82) is 0 Å². The van der Waals surface area contributed by atoms with Gasteiger partial charge in [-0.2, -0.15) is 0 Å². The van der Waals surface area contributed by atoms with Crippen LogP contribution in [0.25, 0.3) is 0 Å². The summed E-state index contributed by atoms with van der Waals surface area (Å²) in [5.74, 6) is -0.525. The first-order valence-corrected chi connectivity index (χ1v) is 4.05. The highest BCUT2D eigenvalue weighted by Gasteiger charge is 2.21. The molecule has 0 unspecified atom stereocenters. The zero-order valence-corrected chi connectivity index (χ0v) is 7.95. The van der Waals surface area contributed by atoms with Crippen molar-refractivity contribution < 1.29 is 9.31 Å². The van der Waals surface area contributed by atoms with Crippen molar-refractivity contribution in [3.8, 4) is 0 Å². The maximum absolute atomic E-state index is 13.2. The minimum absolute atomic E-state index is 0.145. The minimum Gasteiger partial charge on any atom is -0.322 e. The Balaban J connectivity index is 3.29. The van der Waals surface area contributed by atoms with E-state index in [1.54, 1.807) is 13.8 Å². The van der Waals surface area contributed by atoms with Crippen molar-refractivity contribution in [2.24, 2.45) is 5.73 Å². The van der Waals surface area contributed by atoms with Gasteiger partial charge >= 0.3 is 0 Å². The maximum Gasteiger partial charge on any atom is 0.269 e. The number of rotatable bonds is 2. The second-order valence-corrected chi connectivity index (χ2v) is 3.64. The summed E-state index contributed by atoms with van der Waals surface area (Å²) >= 11 is 0. The summed E-state index contributed by atoms with van der Waals surface area (Å²) in [5.41, 5.74) is 4.74. The molecule has 76 valence electrons. The van der Waals surface area contributed by atoms with Crippen molar-refractivity contribution in [2.75, 3.05) is 0 Å². The zero-order chi connectivity index (χ0) is 10.9. The van der Waals surface area contributed by atoms with Crippen LogP contribution in [0.5, 0.6) is 0 Å². The Morgan fingerprint density at radius 2 is 2.07 bits per heavy atom. The second-order valence-electron chi connectivity index (χ2n) is 3.64. The largest absolute Gasteiger partial charge is 0.322 e. The third kappa shape index (κ3) is 2.05. The average molecular weight is 198 g/mol. The molecule has 14 heavy (non-hydrogen) atoms. The number of nitrogens with zero attached hydrogens (tertiary/aromatic N) is 1. The highest BCUT2D eigenvalue weighted by molar-refractivity contribution is 5.38. The topological polar surface area (TPSA) is 69.2 Å². The molecular weight excluding hydrogens is 187 g/mol. The molecule has 0 atom stereocenters. The Morgan fingerprint density at radius 3 is 2.50 bits per heavy atom. The molecule has 4 nitrogen and oxygen atoms in total. The molecule has 0 saturated carbocycles. The number of nitro groups is 1. The van der Waals surface area contributed by atoms with Gasteiger partial charge in [0.2, 0.25) is 0 Å². The smallest absolute Gasteiger partial charge is 0.269 e. The molecule has 0 aliphatic rings. The third-order valence-electron chi connectivity index (χ3n) is 1.85. The first-order chi connectivity index (χ1) is 6.32. The van der Waals surface area contributed by atoms with Crippen LogP contribution in [0.2, 0.25) is 0 Å². The fraction of sp³-hybridized carbons (Fsp3) is 0.333. The third-order valence-corrected chi connectivity index (χ3v) is 1.85. The molecular formula is C9H11FN2O2. The molecule has 0 aliphatic heterocycles. The molecule has 2 N–H and O–H groups in total. The molecule has 1 rings (SSSR count). The van der Waals surface area contributed by atoms with Gasteiger partial charge in [0.05, 0.1) is 4.92 Å². The molecule has 0 spiro atoms. The fourth-order valence-electron chi connectivity index (χ4n) is 1.12. The SMILES string of the molecule is CC(C)(N)c1cc([N+](=O)[O-])ccc1F. The van der Waals surface area contributed by atoms with E-state index in [4.69, 9.17) is 5.73 Å². The maximum atomic E-state index is 13.2. The number of hydrogen-bond donors (Lipinski definition) is 1. The van der Waals surface area contributed by atoms with E-state index in [1.165, 1.54) is 0 Å². The summed E-state index contributed by atoms with van der Waals surface area (Å²) in [6, 6.07) is 3.34. The van der Waals surface area contributed by atoms with Crippen LogP contribution in [0.3, 0.4) is 0 Å². The molecule has 0 heterocycles. The van der Waals surface area contributed by atoms with Crippen LogP contribution in [0.4, 0.5) is 10.1 Å². The van der Waals surface area contributed by atoms with Gasteiger partial charge in [0.15, 0.2) is 0 Å². The van der Waals surface area contributed by atoms with Gasteiger partial charge in [-0.25, -0.2) is 4.39 Å². The average Bonchev–Trinajstić information content (AvgIpc) is 2.02. The van der Waals surface area contributed by atoms with E-state index in [0.717, 1.165) is 18.2 Å². The van der Waals surface area contributed by atoms with Crippen LogP contribution in [0, 0.1) is 15.9 Å². The summed E-state index contributed by atoms with van der Waals surface area (Å²) < 4.78 is 13.2. The van der Waals surface area contributed by atoms with E-state index in [-0.39, 0.29) is 11.3 Å². The highest BCUT2D eigenvalue weighted by atomic mass is 19.1.